The molecule has 21 nitrogen and oxygen atoms in total. The van der Waals surface area contributed by atoms with Crippen LogP contribution in [0, 0.1) is 5.41 Å². The van der Waals surface area contributed by atoms with Crippen LogP contribution < -0.4 is 38.9 Å². The molecule has 0 aromatic heterocycles. The first-order valence-electron chi connectivity index (χ1n) is 15.5. The van der Waals surface area contributed by atoms with Gasteiger partial charge in [-0.3, -0.25) is 10.2 Å². The Morgan fingerprint density at radius 3 is 2.17 bits per heavy atom. The third-order valence-electron chi connectivity index (χ3n) is 9.11. The van der Waals surface area contributed by atoms with E-state index in [9.17, 15) is 40.5 Å². The van der Waals surface area contributed by atoms with Crippen LogP contribution in [0.15, 0.2) is 0 Å². The van der Waals surface area contributed by atoms with Crippen LogP contribution >= 0.6 is 0 Å². The van der Waals surface area contributed by atoms with Gasteiger partial charge in [0.25, 0.3) is 5.91 Å². The number of amides is 1. The standard InChI is InChI=1S/C26H50N8O13/c27-8-4-9(33-24(42)26(43)5-12(26)34-25(30)31)21(47-23-18(40)13(28)15(37)11(7-36)45-23)19(41)20(8)46-22-14(29)17(39)16(38)10(44-22)6-32-2-1-3-35/h8-23,32,35-41,43H,1-7,27-29H2,(H,33,42)(H4,30,31,34)/t8-,9+,10+,11+,12?,13-,14+,15+,16+,17+,18+,19-,20?,21-,22+,23+,26?/m0/s1. The number of carbonyl (C=O) groups excluding carboxylic acids is 1. The molecule has 1 amide bonds. The maximum Gasteiger partial charge on any atom is 0.254 e. The molecule has 21 heteroatoms. The molecular formula is C26H50N8O13. The number of carbonyl (C=O) groups is 1. The number of hydrogen-bond donors (Lipinski definition) is 16. The number of nitrogens with one attached hydrogen (secondary N) is 4. The van der Waals surface area contributed by atoms with Crippen LogP contribution in [0.5, 0.6) is 0 Å². The highest BCUT2D eigenvalue weighted by Gasteiger charge is 2.61. The van der Waals surface area contributed by atoms with E-state index in [1.165, 1.54) is 0 Å². The molecule has 0 spiro atoms. The molecule has 4 fully saturated rings. The van der Waals surface area contributed by atoms with Crippen LogP contribution in [-0.4, -0.2) is 182 Å². The summed E-state index contributed by atoms with van der Waals surface area (Å²) in [6.07, 6.45) is -15.7. The van der Waals surface area contributed by atoms with Crippen molar-refractivity contribution < 1.29 is 64.6 Å². The molecule has 4 aliphatic rings. The molecule has 0 bridgehead atoms. The Morgan fingerprint density at radius 2 is 1.53 bits per heavy atom. The van der Waals surface area contributed by atoms with Gasteiger partial charge in [-0.1, -0.05) is 0 Å². The van der Waals surface area contributed by atoms with Crippen LogP contribution in [-0.2, 0) is 23.7 Å². The van der Waals surface area contributed by atoms with Crippen molar-refractivity contribution >= 4 is 11.9 Å². The quantitative estimate of drug-likeness (QED) is 0.0487. The Labute approximate surface area is 270 Å². The van der Waals surface area contributed by atoms with Gasteiger partial charge in [0.15, 0.2) is 24.1 Å². The van der Waals surface area contributed by atoms with Crippen LogP contribution in [0.2, 0.25) is 0 Å². The fraction of sp³-hybridized carbons (Fsp3) is 0.923. The van der Waals surface area contributed by atoms with E-state index in [2.05, 4.69) is 16.0 Å². The van der Waals surface area contributed by atoms with Crippen LogP contribution in [0.25, 0.3) is 0 Å². The number of hydrogen-bond acceptors (Lipinski definition) is 18. The van der Waals surface area contributed by atoms with Crippen LogP contribution in [0.1, 0.15) is 19.3 Å². The third kappa shape index (κ3) is 8.29. The molecule has 4 rings (SSSR count). The van der Waals surface area contributed by atoms with E-state index in [0.29, 0.717) is 13.0 Å². The largest absolute Gasteiger partial charge is 0.396 e. The van der Waals surface area contributed by atoms with Crippen molar-refractivity contribution in [2.45, 2.75) is 123 Å². The molecule has 0 aromatic carbocycles. The predicted octanol–water partition coefficient (Wildman–Crippen LogP) is -9.17. The van der Waals surface area contributed by atoms with Gasteiger partial charge in [0, 0.05) is 25.6 Å². The average Bonchev–Trinajstić information content (AvgIpc) is 3.68. The number of nitrogens with two attached hydrogens (primary N) is 4. The van der Waals surface area contributed by atoms with Crippen molar-refractivity contribution in [3.8, 4) is 0 Å². The summed E-state index contributed by atoms with van der Waals surface area (Å²) in [5.74, 6) is -1.36. The predicted molar refractivity (Wildman–Crippen MR) is 158 cm³/mol. The summed E-state index contributed by atoms with van der Waals surface area (Å²) in [4.78, 5) is 13.2. The van der Waals surface area contributed by atoms with E-state index < -0.39 is 122 Å². The highest BCUT2D eigenvalue weighted by atomic mass is 16.7. The molecule has 2 heterocycles. The number of ether oxygens (including phenoxy) is 4. The Hall–Kier alpha value is -1.90. The summed E-state index contributed by atoms with van der Waals surface area (Å²) in [5, 5.41) is 98.6. The molecular weight excluding hydrogens is 632 g/mol. The van der Waals surface area contributed by atoms with Crippen LogP contribution in [0.4, 0.5) is 0 Å². The first-order valence-corrected chi connectivity index (χ1v) is 15.5. The lowest BCUT2D eigenvalue weighted by molar-refractivity contribution is -0.320. The Morgan fingerprint density at radius 1 is 0.872 bits per heavy atom. The minimum Gasteiger partial charge on any atom is -0.396 e. The van der Waals surface area contributed by atoms with Gasteiger partial charge in [0.2, 0.25) is 0 Å². The monoisotopic (exact) mass is 682 g/mol. The summed E-state index contributed by atoms with van der Waals surface area (Å²) < 4.78 is 23.3. The molecule has 2 saturated carbocycles. The highest BCUT2D eigenvalue weighted by molar-refractivity contribution is 5.91. The van der Waals surface area contributed by atoms with Crippen molar-refractivity contribution in [1.29, 1.82) is 5.41 Å². The van der Waals surface area contributed by atoms with Crippen molar-refractivity contribution in [3.05, 3.63) is 0 Å². The van der Waals surface area contributed by atoms with Gasteiger partial charge in [-0.2, -0.15) is 0 Å². The van der Waals surface area contributed by atoms with Crippen molar-refractivity contribution in [1.82, 2.24) is 16.0 Å². The highest BCUT2D eigenvalue weighted by Crippen LogP contribution is 2.37. The number of aliphatic hydroxyl groups excluding tert-OH is 7. The molecule has 17 atom stereocenters. The number of guanidine groups is 1. The molecule has 2 saturated heterocycles. The van der Waals surface area contributed by atoms with Gasteiger partial charge in [-0.05, 0) is 19.4 Å². The molecule has 47 heavy (non-hydrogen) atoms. The Kier molecular flexibility index (Phi) is 12.7. The zero-order chi connectivity index (χ0) is 34.8. The smallest absolute Gasteiger partial charge is 0.254 e. The Bertz CT molecular complexity index is 1070. The number of aliphatic hydroxyl groups is 8. The summed E-state index contributed by atoms with van der Waals surface area (Å²) in [6.45, 7) is -0.304. The third-order valence-corrected chi connectivity index (χ3v) is 9.11. The summed E-state index contributed by atoms with van der Waals surface area (Å²) in [6, 6.07) is -5.69. The molecule has 20 N–H and O–H groups in total. The van der Waals surface area contributed by atoms with Gasteiger partial charge in [0.05, 0.1) is 30.8 Å². The average molecular weight is 683 g/mol. The Balaban J connectivity index is 1.54. The molecule has 2 aliphatic heterocycles. The summed E-state index contributed by atoms with van der Waals surface area (Å²) in [7, 11) is 0. The van der Waals surface area contributed by atoms with E-state index in [0.717, 1.165) is 0 Å². The minimum absolute atomic E-state index is 0.0569. The van der Waals surface area contributed by atoms with Crippen molar-refractivity contribution in [2.24, 2.45) is 22.9 Å². The molecule has 3 unspecified atom stereocenters. The maximum atomic E-state index is 13.2. The topological polar surface area (TPSA) is 380 Å². The van der Waals surface area contributed by atoms with Crippen molar-refractivity contribution in [2.75, 3.05) is 26.3 Å². The zero-order valence-electron chi connectivity index (χ0n) is 25.6. The van der Waals surface area contributed by atoms with E-state index >= 15 is 0 Å². The van der Waals surface area contributed by atoms with Gasteiger partial charge >= 0.3 is 0 Å². The normalized spacial score (nSPS) is 46.9. The molecule has 0 aromatic rings. The SMILES string of the molecule is N=C(N)NC1CC1(O)C(=O)N[C@@H]1C[C@H](N)C(O[C@H]2O[C@H](CNCCCO)[C@@H](O)[C@H](O)[C@H]2N)[C@H](O)[C@H]1O[C@H]1O[C@H](CO)[C@@H](O)[C@H](N)[C@H]1O. The van der Waals surface area contributed by atoms with Gasteiger partial charge in [-0.15, -0.1) is 0 Å². The number of rotatable bonds is 13. The van der Waals surface area contributed by atoms with Gasteiger partial charge in [-0.25, -0.2) is 0 Å². The van der Waals surface area contributed by atoms with E-state index in [-0.39, 0.29) is 26.0 Å². The summed E-state index contributed by atoms with van der Waals surface area (Å²) >= 11 is 0. The lowest BCUT2D eigenvalue weighted by Crippen LogP contribution is -2.70. The van der Waals surface area contributed by atoms with E-state index in [4.69, 9.17) is 52.4 Å². The fourth-order valence-electron chi connectivity index (χ4n) is 6.12. The van der Waals surface area contributed by atoms with Gasteiger partial charge < -0.3 is 98.7 Å². The van der Waals surface area contributed by atoms with Crippen molar-refractivity contribution in [3.63, 3.8) is 0 Å². The minimum atomic E-state index is -1.95. The van der Waals surface area contributed by atoms with E-state index in [1.54, 1.807) is 0 Å². The second-order valence-electron chi connectivity index (χ2n) is 12.6. The first kappa shape index (κ1) is 37.9. The molecule has 272 valence electrons. The summed E-state index contributed by atoms with van der Waals surface area (Å²) in [5.41, 5.74) is 21.8. The lowest BCUT2D eigenvalue weighted by atomic mass is 9.83. The lowest BCUT2D eigenvalue weighted by Gasteiger charge is -2.49. The zero-order valence-corrected chi connectivity index (χ0v) is 25.6. The second-order valence-corrected chi connectivity index (χ2v) is 12.6. The maximum absolute atomic E-state index is 13.2. The first-order chi connectivity index (χ1) is 22.1. The van der Waals surface area contributed by atoms with Crippen LogP contribution in [0.3, 0.4) is 0 Å². The molecule has 0 radical (unpaired) electrons. The fourth-order valence-corrected chi connectivity index (χ4v) is 6.12. The molecule has 2 aliphatic carbocycles. The second kappa shape index (κ2) is 15.8. The van der Waals surface area contributed by atoms with E-state index in [1.807, 2.05) is 0 Å². The van der Waals surface area contributed by atoms with Gasteiger partial charge in [0.1, 0.15) is 54.9 Å².